The third-order valence-electron chi connectivity index (χ3n) is 4.42. The van der Waals surface area contributed by atoms with Gasteiger partial charge in [0.25, 0.3) is 0 Å². The minimum absolute atomic E-state index is 0.115. The first kappa shape index (κ1) is 12.7. The quantitative estimate of drug-likeness (QED) is 0.836. The summed E-state index contributed by atoms with van der Waals surface area (Å²) in [5.41, 5.74) is 0.306. The Balaban J connectivity index is 1.65. The number of aliphatic hydroxyl groups excluding tert-OH is 1. The Kier molecular flexibility index (Phi) is 2.89. The van der Waals surface area contributed by atoms with E-state index in [1.54, 1.807) is 0 Å². The van der Waals surface area contributed by atoms with E-state index in [0.29, 0.717) is 11.2 Å². The van der Waals surface area contributed by atoms with Crippen LogP contribution in [0.1, 0.15) is 38.4 Å². The second kappa shape index (κ2) is 4.34. The molecular formula is C14H20N2O3. The van der Waals surface area contributed by atoms with Gasteiger partial charge in [0.15, 0.2) is 5.82 Å². The van der Waals surface area contributed by atoms with E-state index in [0.717, 1.165) is 38.0 Å². The molecule has 2 heterocycles. The maximum Gasteiger partial charge on any atom is 0.172 e. The number of anilines is 1. The maximum absolute atomic E-state index is 11.1. The first-order chi connectivity index (χ1) is 9.03. The van der Waals surface area contributed by atoms with Crippen LogP contribution in [-0.4, -0.2) is 35.7 Å². The molecule has 19 heavy (non-hydrogen) atoms. The van der Waals surface area contributed by atoms with Crippen LogP contribution < -0.4 is 4.90 Å². The lowest BCUT2D eigenvalue weighted by Gasteiger charge is -2.57. The van der Waals surface area contributed by atoms with Crippen LogP contribution in [0.5, 0.6) is 0 Å². The van der Waals surface area contributed by atoms with Gasteiger partial charge in [-0.1, -0.05) is 19.0 Å². The molecule has 1 saturated carbocycles. The molecule has 0 radical (unpaired) electrons. The molecule has 0 aromatic carbocycles. The van der Waals surface area contributed by atoms with Crippen molar-refractivity contribution in [2.45, 2.75) is 38.7 Å². The molecule has 0 amide bonds. The van der Waals surface area contributed by atoms with Crippen LogP contribution in [0.15, 0.2) is 10.6 Å². The predicted molar refractivity (Wildman–Crippen MR) is 70.0 cm³/mol. The summed E-state index contributed by atoms with van der Waals surface area (Å²) in [6, 6.07) is 1.88. The fraction of sp³-hybridized carbons (Fsp3) is 0.714. The molecule has 5 nitrogen and oxygen atoms in total. The first-order valence-electron chi connectivity index (χ1n) is 6.88. The van der Waals surface area contributed by atoms with Crippen molar-refractivity contribution in [1.82, 2.24) is 5.16 Å². The van der Waals surface area contributed by atoms with Gasteiger partial charge in [0.2, 0.25) is 0 Å². The molecule has 1 saturated heterocycles. The average Bonchev–Trinajstić information content (AvgIpc) is 2.70. The van der Waals surface area contributed by atoms with Gasteiger partial charge in [-0.2, -0.15) is 0 Å². The van der Waals surface area contributed by atoms with Gasteiger partial charge in [-0.3, -0.25) is 0 Å². The predicted octanol–water partition coefficient (Wildman–Crippen LogP) is 1.57. The van der Waals surface area contributed by atoms with Gasteiger partial charge in [0.1, 0.15) is 12.0 Å². The number of carbonyl (C=O) groups is 1. The summed E-state index contributed by atoms with van der Waals surface area (Å²) in [6.07, 6.45) is 2.61. The van der Waals surface area contributed by atoms with Crippen LogP contribution >= 0.6 is 0 Å². The lowest BCUT2D eigenvalue weighted by molar-refractivity contribution is -0.110. The van der Waals surface area contributed by atoms with E-state index in [1.165, 1.54) is 0 Å². The highest BCUT2D eigenvalue weighted by Crippen LogP contribution is 2.49. The number of nitrogens with zero attached hydrogens (tertiary/aromatic N) is 2. The van der Waals surface area contributed by atoms with E-state index < -0.39 is 0 Å². The summed E-state index contributed by atoms with van der Waals surface area (Å²) in [6.45, 7) is 5.86. The van der Waals surface area contributed by atoms with E-state index in [9.17, 15) is 9.90 Å². The van der Waals surface area contributed by atoms with Crippen LogP contribution in [0.25, 0.3) is 0 Å². The van der Waals surface area contributed by atoms with Crippen LogP contribution in [0.2, 0.25) is 0 Å². The summed E-state index contributed by atoms with van der Waals surface area (Å²) >= 11 is 0. The zero-order chi connectivity index (χ0) is 13.6. The number of aliphatic hydroxyl groups is 1. The van der Waals surface area contributed by atoms with E-state index >= 15 is 0 Å². The zero-order valence-corrected chi connectivity index (χ0v) is 11.4. The average molecular weight is 264 g/mol. The highest BCUT2D eigenvalue weighted by Gasteiger charge is 2.52. The molecule has 3 rings (SSSR count). The minimum Gasteiger partial charge on any atom is -0.393 e. The number of aromatic nitrogens is 1. The zero-order valence-electron chi connectivity index (χ0n) is 11.4. The SMILES string of the molecule is CC(C)C(C=O)c1cc(N2CC3(CC(O)C3)C2)no1. The molecule has 1 aliphatic heterocycles. The maximum atomic E-state index is 11.1. The van der Waals surface area contributed by atoms with Gasteiger partial charge in [0, 0.05) is 24.6 Å². The molecule has 1 aliphatic carbocycles. The van der Waals surface area contributed by atoms with Gasteiger partial charge in [-0.25, -0.2) is 0 Å². The fourth-order valence-corrected chi connectivity index (χ4v) is 3.26. The van der Waals surface area contributed by atoms with Crippen LogP contribution in [0.4, 0.5) is 5.82 Å². The monoisotopic (exact) mass is 264 g/mol. The topological polar surface area (TPSA) is 66.6 Å². The molecular weight excluding hydrogens is 244 g/mol. The number of rotatable bonds is 4. The van der Waals surface area contributed by atoms with E-state index in [2.05, 4.69) is 10.1 Å². The van der Waals surface area contributed by atoms with Gasteiger partial charge in [-0.05, 0) is 18.8 Å². The largest absolute Gasteiger partial charge is 0.393 e. The summed E-state index contributed by atoms with van der Waals surface area (Å²) in [7, 11) is 0. The molecule has 2 aliphatic rings. The van der Waals surface area contributed by atoms with Crippen molar-refractivity contribution in [2.24, 2.45) is 11.3 Å². The van der Waals surface area contributed by atoms with Crippen molar-refractivity contribution < 1.29 is 14.4 Å². The van der Waals surface area contributed by atoms with Gasteiger partial charge >= 0.3 is 0 Å². The van der Waals surface area contributed by atoms with Crippen LogP contribution in [0.3, 0.4) is 0 Å². The van der Waals surface area contributed by atoms with Crippen LogP contribution in [-0.2, 0) is 4.79 Å². The molecule has 1 aromatic heterocycles. The standard InChI is InChI=1S/C14H20N2O3/c1-9(2)11(6-17)12-3-13(15-19-12)16-7-14(8-16)4-10(18)5-14/h3,6,9-11,18H,4-5,7-8H2,1-2H3. The number of aldehydes is 1. The molecule has 1 atom stereocenters. The number of hydrogen-bond acceptors (Lipinski definition) is 5. The fourth-order valence-electron chi connectivity index (χ4n) is 3.26. The lowest BCUT2D eigenvalue weighted by Crippen LogP contribution is -2.64. The Hall–Kier alpha value is -1.36. The normalized spacial score (nSPS) is 23.3. The second-order valence-corrected chi connectivity index (χ2v) is 6.41. The van der Waals surface area contributed by atoms with Gasteiger partial charge in [-0.15, -0.1) is 0 Å². The molecule has 1 N–H and O–H groups in total. The van der Waals surface area contributed by atoms with Crippen molar-refractivity contribution in [3.63, 3.8) is 0 Å². The van der Waals surface area contributed by atoms with Crippen molar-refractivity contribution in [3.05, 3.63) is 11.8 Å². The summed E-state index contributed by atoms with van der Waals surface area (Å²) in [4.78, 5) is 13.2. The van der Waals surface area contributed by atoms with Crippen molar-refractivity contribution in [3.8, 4) is 0 Å². The molecule has 1 unspecified atom stereocenters. The Morgan fingerprint density at radius 1 is 1.53 bits per heavy atom. The van der Waals surface area contributed by atoms with Crippen molar-refractivity contribution in [2.75, 3.05) is 18.0 Å². The summed E-state index contributed by atoms with van der Waals surface area (Å²) in [5.74, 6) is 1.45. The second-order valence-electron chi connectivity index (χ2n) is 6.41. The molecule has 1 aromatic rings. The Morgan fingerprint density at radius 2 is 2.21 bits per heavy atom. The molecule has 104 valence electrons. The third-order valence-corrected chi connectivity index (χ3v) is 4.42. The highest BCUT2D eigenvalue weighted by atomic mass is 16.5. The highest BCUT2D eigenvalue weighted by molar-refractivity contribution is 5.62. The summed E-state index contributed by atoms with van der Waals surface area (Å²) < 4.78 is 5.30. The van der Waals surface area contributed by atoms with E-state index in [-0.39, 0.29) is 17.9 Å². The Labute approximate surface area is 112 Å². The minimum atomic E-state index is -0.220. The molecule has 0 bridgehead atoms. The third kappa shape index (κ3) is 2.06. The molecule has 1 spiro atoms. The smallest absolute Gasteiger partial charge is 0.172 e. The molecule has 2 fully saturated rings. The lowest BCUT2D eigenvalue weighted by atomic mass is 9.62. The van der Waals surface area contributed by atoms with Gasteiger partial charge < -0.3 is 19.3 Å². The van der Waals surface area contributed by atoms with Crippen molar-refractivity contribution >= 4 is 12.1 Å². The first-order valence-corrected chi connectivity index (χ1v) is 6.88. The van der Waals surface area contributed by atoms with E-state index in [4.69, 9.17) is 4.52 Å². The van der Waals surface area contributed by atoms with Gasteiger partial charge in [0.05, 0.1) is 12.0 Å². The Morgan fingerprint density at radius 3 is 2.74 bits per heavy atom. The van der Waals surface area contributed by atoms with Crippen molar-refractivity contribution in [1.29, 1.82) is 0 Å². The van der Waals surface area contributed by atoms with Crippen LogP contribution in [0, 0.1) is 11.3 Å². The summed E-state index contributed by atoms with van der Waals surface area (Å²) in [5, 5.41) is 13.4. The van der Waals surface area contributed by atoms with E-state index in [1.807, 2.05) is 19.9 Å². The molecule has 5 heteroatoms. The number of carbonyl (C=O) groups excluding carboxylic acids is 1. The Bertz CT molecular complexity index is 469. The number of hydrogen-bond donors (Lipinski definition) is 1.